The van der Waals surface area contributed by atoms with Crippen molar-refractivity contribution in [2.45, 2.75) is 19.0 Å². The van der Waals surface area contributed by atoms with E-state index in [-0.39, 0.29) is 6.04 Å². The predicted molar refractivity (Wildman–Crippen MR) is 75.0 cm³/mol. The molecule has 0 amide bonds. The third-order valence-corrected chi connectivity index (χ3v) is 3.54. The van der Waals surface area contributed by atoms with Crippen molar-refractivity contribution in [3.63, 3.8) is 0 Å². The molecule has 0 saturated heterocycles. The lowest BCUT2D eigenvalue weighted by molar-refractivity contribution is 0.0910. The number of ether oxygens (including phenoxy) is 1. The second-order valence-electron chi connectivity index (χ2n) is 4.28. The Labute approximate surface area is 112 Å². The van der Waals surface area contributed by atoms with Gasteiger partial charge in [-0.2, -0.15) is 0 Å². The van der Waals surface area contributed by atoms with Gasteiger partial charge in [0.15, 0.2) is 0 Å². The van der Waals surface area contributed by atoms with Gasteiger partial charge in [0.25, 0.3) is 0 Å². The van der Waals surface area contributed by atoms with Gasteiger partial charge in [0.2, 0.25) is 0 Å². The molecular weight excluding hydrogens is 280 g/mol. The number of methoxy groups -OCH3 is 1. The van der Waals surface area contributed by atoms with Crippen LogP contribution in [0.2, 0.25) is 0 Å². The molecule has 0 aromatic heterocycles. The fraction of sp³-hybridized carbons (Fsp3) is 0.538. The SMILES string of the molecule is COCC(C)N(C)C(CN)c1cccc(Br)c1. The van der Waals surface area contributed by atoms with Gasteiger partial charge in [0.1, 0.15) is 0 Å². The third-order valence-electron chi connectivity index (χ3n) is 3.05. The summed E-state index contributed by atoms with van der Waals surface area (Å²) in [4.78, 5) is 2.26. The van der Waals surface area contributed by atoms with Crippen LogP contribution in [0, 0.1) is 0 Å². The smallest absolute Gasteiger partial charge is 0.0615 e. The fourth-order valence-corrected chi connectivity index (χ4v) is 2.33. The molecule has 17 heavy (non-hydrogen) atoms. The Balaban J connectivity index is 2.83. The van der Waals surface area contributed by atoms with Crippen molar-refractivity contribution in [2.75, 3.05) is 27.3 Å². The van der Waals surface area contributed by atoms with Crippen LogP contribution < -0.4 is 5.73 Å². The van der Waals surface area contributed by atoms with E-state index in [1.165, 1.54) is 5.56 Å². The Morgan fingerprint density at radius 2 is 2.18 bits per heavy atom. The van der Waals surface area contributed by atoms with E-state index in [0.717, 1.165) is 4.47 Å². The second kappa shape index (κ2) is 7.11. The van der Waals surface area contributed by atoms with E-state index in [1.807, 2.05) is 12.1 Å². The van der Waals surface area contributed by atoms with Crippen molar-refractivity contribution < 1.29 is 4.74 Å². The Kier molecular flexibility index (Phi) is 6.12. The van der Waals surface area contributed by atoms with Crippen LogP contribution in [0.5, 0.6) is 0 Å². The van der Waals surface area contributed by atoms with Crippen molar-refractivity contribution >= 4 is 15.9 Å². The van der Waals surface area contributed by atoms with Crippen LogP contribution in [-0.4, -0.2) is 38.3 Å². The number of hydrogen-bond donors (Lipinski definition) is 1. The van der Waals surface area contributed by atoms with E-state index in [1.54, 1.807) is 7.11 Å². The van der Waals surface area contributed by atoms with Crippen molar-refractivity contribution in [1.82, 2.24) is 4.90 Å². The zero-order valence-electron chi connectivity index (χ0n) is 10.7. The first-order chi connectivity index (χ1) is 8.10. The number of halogens is 1. The first-order valence-electron chi connectivity index (χ1n) is 5.76. The first-order valence-corrected chi connectivity index (χ1v) is 6.55. The summed E-state index contributed by atoms with van der Waals surface area (Å²) >= 11 is 3.49. The van der Waals surface area contributed by atoms with Gasteiger partial charge in [-0.15, -0.1) is 0 Å². The highest BCUT2D eigenvalue weighted by Gasteiger charge is 2.20. The Morgan fingerprint density at radius 3 is 2.71 bits per heavy atom. The van der Waals surface area contributed by atoms with Crippen molar-refractivity contribution in [3.8, 4) is 0 Å². The molecule has 2 N–H and O–H groups in total. The quantitative estimate of drug-likeness (QED) is 0.877. The van der Waals surface area contributed by atoms with Gasteiger partial charge in [-0.1, -0.05) is 28.1 Å². The van der Waals surface area contributed by atoms with E-state index in [0.29, 0.717) is 19.2 Å². The lowest BCUT2D eigenvalue weighted by atomic mass is 10.0. The molecule has 96 valence electrons. The van der Waals surface area contributed by atoms with Crippen LogP contribution in [0.1, 0.15) is 18.5 Å². The minimum atomic E-state index is 0.220. The molecule has 0 heterocycles. The van der Waals surface area contributed by atoms with Crippen molar-refractivity contribution in [1.29, 1.82) is 0 Å². The molecule has 2 atom stereocenters. The summed E-state index contributed by atoms with van der Waals surface area (Å²) in [6.45, 7) is 3.45. The maximum Gasteiger partial charge on any atom is 0.0615 e. The van der Waals surface area contributed by atoms with Gasteiger partial charge >= 0.3 is 0 Å². The number of benzene rings is 1. The van der Waals surface area contributed by atoms with Crippen LogP contribution in [0.3, 0.4) is 0 Å². The van der Waals surface area contributed by atoms with Crippen LogP contribution in [0.25, 0.3) is 0 Å². The molecule has 0 aliphatic rings. The molecule has 3 nitrogen and oxygen atoms in total. The van der Waals surface area contributed by atoms with Crippen LogP contribution >= 0.6 is 15.9 Å². The second-order valence-corrected chi connectivity index (χ2v) is 5.19. The van der Waals surface area contributed by atoms with Gasteiger partial charge in [0.05, 0.1) is 6.61 Å². The van der Waals surface area contributed by atoms with Crippen LogP contribution in [-0.2, 0) is 4.74 Å². The molecule has 1 rings (SSSR count). The number of nitrogens with zero attached hydrogens (tertiary/aromatic N) is 1. The lowest BCUT2D eigenvalue weighted by Gasteiger charge is -2.32. The minimum Gasteiger partial charge on any atom is -0.383 e. The molecule has 1 aromatic carbocycles. The Morgan fingerprint density at radius 1 is 1.47 bits per heavy atom. The highest BCUT2D eigenvalue weighted by molar-refractivity contribution is 9.10. The summed E-state index contributed by atoms with van der Waals surface area (Å²) in [7, 11) is 3.81. The molecule has 0 radical (unpaired) electrons. The molecule has 0 aliphatic heterocycles. The average Bonchev–Trinajstić information content (AvgIpc) is 2.30. The molecule has 0 fully saturated rings. The van der Waals surface area contributed by atoms with Gasteiger partial charge < -0.3 is 10.5 Å². The fourth-order valence-electron chi connectivity index (χ4n) is 1.92. The molecule has 0 bridgehead atoms. The van der Waals surface area contributed by atoms with Gasteiger partial charge in [0, 0.05) is 30.2 Å². The van der Waals surface area contributed by atoms with Crippen molar-refractivity contribution in [3.05, 3.63) is 34.3 Å². The normalized spacial score (nSPS) is 14.9. The van der Waals surface area contributed by atoms with E-state index < -0.39 is 0 Å². The Hall–Kier alpha value is -0.420. The molecule has 1 aromatic rings. The maximum absolute atomic E-state index is 5.89. The van der Waals surface area contributed by atoms with E-state index >= 15 is 0 Å². The predicted octanol–water partition coefficient (Wildman–Crippen LogP) is 2.42. The van der Waals surface area contributed by atoms with Gasteiger partial charge in [-0.25, -0.2) is 0 Å². The zero-order chi connectivity index (χ0) is 12.8. The van der Waals surface area contributed by atoms with Gasteiger partial charge in [-0.3, -0.25) is 4.90 Å². The minimum absolute atomic E-state index is 0.220. The highest BCUT2D eigenvalue weighted by atomic mass is 79.9. The maximum atomic E-state index is 5.89. The molecule has 2 unspecified atom stereocenters. The summed E-state index contributed by atoms with van der Waals surface area (Å²) in [5.41, 5.74) is 7.12. The molecule has 0 spiro atoms. The van der Waals surface area contributed by atoms with Crippen LogP contribution in [0.15, 0.2) is 28.7 Å². The summed E-state index contributed by atoms with van der Waals surface area (Å²) in [6, 6.07) is 8.85. The monoisotopic (exact) mass is 300 g/mol. The highest BCUT2D eigenvalue weighted by Crippen LogP contribution is 2.23. The third kappa shape index (κ3) is 4.07. The summed E-state index contributed by atoms with van der Waals surface area (Å²) in [6.07, 6.45) is 0. The zero-order valence-corrected chi connectivity index (χ0v) is 12.3. The lowest BCUT2D eigenvalue weighted by Crippen LogP contribution is -2.39. The molecular formula is C13H21BrN2O. The van der Waals surface area contributed by atoms with E-state index in [9.17, 15) is 0 Å². The molecule has 4 heteroatoms. The number of rotatable bonds is 6. The summed E-state index contributed by atoms with van der Waals surface area (Å²) < 4.78 is 6.27. The summed E-state index contributed by atoms with van der Waals surface area (Å²) in [5.74, 6) is 0. The molecule has 0 saturated carbocycles. The van der Waals surface area contributed by atoms with Crippen LogP contribution in [0.4, 0.5) is 0 Å². The number of likely N-dealkylation sites (N-methyl/N-ethyl adjacent to an activating group) is 1. The number of nitrogens with two attached hydrogens (primary N) is 1. The standard InChI is InChI=1S/C13H21BrN2O/c1-10(9-17-3)16(2)13(8-15)11-5-4-6-12(14)7-11/h4-7,10,13H,8-9,15H2,1-3H3. The van der Waals surface area contributed by atoms with Crippen molar-refractivity contribution in [2.24, 2.45) is 5.73 Å². The topological polar surface area (TPSA) is 38.5 Å². The molecule has 0 aliphatic carbocycles. The average molecular weight is 301 g/mol. The summed E-state index contributed by atoms with van der Waals surface area (Å²) in [5, 5.41) is 0. The number of hydrogen-bond acceptors (Lipinski definition) is 3. The first kappa shape index (κ1) is 14.6. The van der Waals surface area contributed by atoms with E-state index in [2.05, 4.69) is 46.9 Å². The van der Waals surface area contributed by atoms with E-state index in [4.69, 9.17) is 10.5 Å². The Bertz CT molecular complexity index is 346. The van der Waals surface area contributed by atoms with Gasteiger partial charge in [-0.05, 0) is 31.7 Å². The largest absolute Gasteiger partial charge is 0.383 e.